The average Bonchev–Trinajstić information content (AvgIpc) is 3.07. The molecule has 1 N–H and O–H groups in total. The molecule has 1 aliphatic heterocycles. The standard InChI is InChI=1S/C23H17N3O4S/c1-12-13(2)31-23-18(12)22(28)24-21-19(17-6-4-3-5-15(17)11-25(21)23)20(27)14-7-9-16(10-8-14)26(29)30/h3-10,27H,11H2,1-2H3. The van der Waals surface area contributed by atoms with E-state index in [0.29, 0.717) is 28.9 Å². The van der Waals surface area contributed by atoms with Gasteiger partial charge in [-0.05, 0) is 42.7 Å². The molecule has 4 aromatic rings. The van der Waals surface area contributed by atoms with Crippen LogP contribution < -0.4 is 5.56 Å². The summed E-state index contributed by atoms with van der Waals surface area (Å²) >= 11 is 1.54. The maximum absolute atomic E-state index is 12.9. The van der Waals surface area contributed by atoms with Crippen LogP contribution in [0.25, 0.3) is 21.5 Å². The second-order valence-corrected chi connectivity index (χ2v) is 8.68. The molecule has 154 valence electrons. The number of hydrogen-bond acceptors (Lipinski definition) is 6. The molecular formula is C23H17N3O4S. The van der Waals surface area contributed by atoms with Crippen LogP contribution in [-0.4, -0.2) is 19.6 Å². The Kier molecular flexibility index (Phi) is 4.26. The fourth-order valence-corrected chi connectivity index (χ4v) is 5.16. The van der Waals surface area contributed by atoms with Crippen LogP contribution in [0.3, 0.4) is 0 Å². The maximum atomic E-state index is 12.9. The quantitative estimate of drug-likeness (QED) is 0.245. The molecular weight excluding hydrogens is 414 g/mol. The van der Waals surface area contributed by atoms with Crippen LogP contribution in [0, 0.1) is 24.0 Å². The minimum Gasteiger partial charge on any atom is -0.507 e. The summed E-state index contributed by atoms with van der Waals surface area (Å²) in [5.41, 5.74) is 3.18. The summed E-state index contributed by atoms with van der Waals surface area (Å²) in [7, 11) is 0. The van der Waals surface area contributed by atoms with E-state index >= 15 is 0 Å². The molecule has 0 fully saturated rings. The number of aryl methyl sites for hydroxylation is 2. The molecule has 0 bridgehead atoms. The summed E-state index contributed by atoms with van der Waals surface area (Å²) in [5.74, 6) is 0.320. The molecule has 0 spiro atoms. The predicted molar refractivity (Wildman–Crippen MR) is 121 cm³/mol. The van der Waals surface area contributed by atoms with Gasteiger partial charge in [0.05, 0.1) is 22.4 Å². The fourth-order valence-electron chi connectivity index (χ4n) is 4.01. The van der Waals surface area contributed by atoms with Gasteiger partial charge >= 0.3 is 0 Å². The number of aliphatic hydroxyl groups is 1. The van der Waals surface area contributed by atoms with Crippen molar-refractivity contribution >= 4 is 38.6 Å². The van der Waals surface area contributed by atoms with Crippen LogP contribution in [0.4, 0.5) is 5.69 Å². The van der Waals surface area contributed by atoms with Gasteiger partial charge < -0.3 is 9.67 Å². The molecule has 1 aliphatic rings. The summed E-state index contributed by atoms with van der Waals surface area (Å²) in [4.78, 5) is 29.7. The number of nitro groups is 1. The number of benzene rings is 2. The van der Waals surface area contributed by atoms with E-state index in [1.807, 2.05) is 42.7 Å². The first-order chi connectivity index (χ1) is 14.9. The van der Waals surface area contributed by atoms with Gasteiger partial charge in [0, 0.05) is 22.6 Å². The minimum atomic E-state index is -0.488. The van der Waals surface area contributed by atoms with Crippen molar-refractivity contribution < 1.29 is 10.0 Å². The first-order valence-electron chi connectivity index (χ1n) is 9.64. The Morgan fingerprint density at radius 3 is 2.58 bits per heavy atom. The number of nitrogens with zero attached hydrogens (tertiary/aromatic N) is 3. The highest BCUT2D eigenvalue weighted by molar-refractivity contribution is 7.18. The van der Waals surface area contributed by atoms with E-state index < -0.39 is 4.92 Å². The van der Waals surface area contributed by atoms with Crippen LogP contribution in [0.15, 0.2) is 53.3 Å². The molecule has 3 heterocycles. The summed E-state index contributed by atoms with van der Waals surface area (Å²) in [6, 6.07) is 13.4. The highest BCUT2D eigenvalue weighted by atomic mass is 32.1. The second kappa shape index (κ2) is 6.88. The van der Waals surface area contributed by atoms with Gasteiger partial charge in [-0.25, -0.2) is 0 Å². The smallest absolute Gasteiger partial charge is 0.282 e. The van der Waals surface area contributed by atoms with Gasteiger partial charge in [0.1, 0.15) is 16.4 Å². The van der Waals surface area contributed by atoms with Crippen molar-refractivity contribution in [1.82, 2.24) is 9.55 Å². The van der Waals surface area contributed by atoms with Gasteiger partial charge in [0.15, 0.2) is 0 Å². The third-order valence-corrected chi connectivity index (χ3v) is 6.95. The molecule has 0 saturated heterocycles. The Hall–Kier alpha value is -3.78. The van der Waals surface area contributed by atoms with E-state index in [-0.39, 0.29) is 17.0 Å². The summed E-state index contributed by atoms with van der Waals surface area (Å²) < 4.78 is 1.97. The first kappa shape index (κ1) is 19.2. The Balaban J connectivity index is 1.84. The molecule has 7 nitrogen and oxygen atoms in total. The molecule has 0 aliphatic carbocycles. The lowest BCUT2D eigenvalue weighted by molar-refractivity contribution is -0.384. The summed E-state index contributed by atoms with van der Waals surface area (Å²) in [5, 5.41) is 22.8. The number of fused-ring (bicyclic) bond motifs is 4. The average molecular weight is 431 g/mol. The summed E-state index contributed by atoms with van der Waals surface area (Å²) in [6.07, 6.45) is 0. The molecule has 2 aromatic heterocycles. The molecule has 5 rings (SSSR count). The zero-order valence-corrected chi connectivity index (χ0v) is 17.6. The van der Waals surface area contributed by atoms with Crippen molar-refractivity contribution in [2.24, 2.45) is 0 Å². The lowest BCUT2D eigenvalue weighted by Gasteiger charge is -2.25. The van der Waals surface area contributed by atoms with E-state index in [0.717, 1.165) is 26.4 Å². The Morgan fingerprint density at radius 2 is 1.87 bits per heavy atom. The molecule has 0 radical (unpaired) electrons. The van der Waals surface area contributed by atoms with Crippen LogP contribution in [0.2, 0.25) is 0 Å². The number of thiophene rings is 1. The normalized spacial score (nSPS) is 14.3. The van der Waals surface area contributed by atoms with E-state index in [1.54, 1.807) is 11.3 Å². The first-order valence-corrected chi connectivity index (χ1v) is 10.5. The number of aliphatic hydroxyl groups excluding tert-OH is 1. The van der Waals surface area contributed by atoms with E-state index in [4.69, 9.17) is 0 Å². The fraction of sp³-hybridized carbons (Fsp3) is 0.130. The van der Waals surface area contributed by atoms with E-state index in [1.165, 1.54) is 24.3 Å². The molecule has 0 amide bonds. The molecule has 0 saturated carbocycles. The van der Waals surface area contributed by atoms with Crippen molar-refractivity contribution in [2.45, 2.75) is 20.4 Å². The SMILES string of the molecule is Cc1sc2c(c1C)c(=O)nc1n2Cc2ccccc2C1=C(O)c1ccc([N+](=O)[O-])cc1. The molecule has 2 aromatic carbocycles. The third kappa shape index (κ3) is 2.87. The predicted octanol–water partition coefficient (Wildman–Crippen LogP) is 4.82. The number of aromatic nitrogens is 2. The van der Waals surface area contributed by atoms with Gasteiger partial charge in [0.2, 0.25) is 0 Å². The Morgan fingerprint density at radius 1 is 1.16 bits per heavy atom. The van der Waals surface area contributed by atoms with Crippen molar-refractivity contribution in [2.75, 3.05) is 0 Å². The van der Waals surface area contributed by atoms with E-state index in [2.05, 4.69) is 4.98 Å². The minimum absolute atomic E-state index is 0.0633. The lowest BCUT2D eigenvalue weighted by Crippen LogP contribution is -2.23. The molecule has 31 heavy (non-hydrogen) atoms. The molecule has 0 atom stereocenters. The van der Waals surface area contributed by atoms with Crippen LogP contribution >= 0.6 is 11.3 Å². The van der Waals surface area contributed by atoms with Crippen LogP contribution in [-0.2, 0) is 6.54 Å². The highest BCUT2D eigenvalue weighted by Gasteiger charge is 2.28. The zero-order valence-electron chi connectivity index (χ0n) is 16.7. The molecule has 8 heteroatoms. The summed E-state index contributed by atoms with van der Waals surface area (Å²) in [6.45, 7) is 4.44. The lowest BCUT2D eigenvalue weighted by atomic mass is 9.92. The number of hydrogen-bond donors (Lipinski definition) is 1. The monoisotopic (exact) mass is 431 g/mol. The Bertz CT molecular complexity index is 1480. The Labute approximate surface area is 180 Å². The maximum Gasteiger partial charge on any atom is 0.282 e. The number of rotatable bonds is 2. The topological polar surface area (TPSA) is 98.3 Å². The second-order valence-electron chi connectivity index (χ2n) is 7.47. The zero-order chi connectivity index (χ0) is 21.9. The van der Waals surface area contributed by atoms with Crippen molar-refractivity contribution in [3.63, 3.8) is 0 Å². The third-order valence-electron chi connectivity index (χ3n) is 5.72. The largest absolute Gasteiger partial charge is 0.507 e. The van der Waals surface area contributed by atoms with Gasteiger partial charge in [-0.2, -0.15) is 4.98 Å². The van der Waals surface area contributed by atoms with Crippen LogP contribution in [0.1, 0.15) is 33.0 Å². The van der Waals surface area contributed by atoms with Crippen LogP contribution in [0.5, 0.6) is 0 Å². The van der Waals surface area contributed by atoms with E-state index in [9.17, 15) is 20.0 Å². The number of nitro benzene ring substituents is 1. The molecule has 0 unspecified atom stereocenters. The number of non-ortho nitro benzene ring substituents is 1. The van der Waals surface area contributed by atoms with Crippen molar-refractivity contribution in [3.05, 3.63) is 102 Å². The van der Waals surface area contributed by atoms with Gasteiger partial charge in [-0.1, -0.05) is 24.3 Å². The van der Waals surface area contributed by atoms with Crippen molar-refractivity contribution in [1.29, 1.82) is 0 Å². The highest BCUT2D eigenvalue weighted by Crippen LogP contribution is 2.39. The van der Waals surface area contributed by atoms with Gasteiger partial charge in [0.25, 0.3) is 11.2 Å². The van der Waals surface area contributed by atoms with Gasteiger partial charge in [-0.15, -0.1) is 11.3 Å². The van der Waals surface area contributed by atoms with Crippen molar-refractivity contribution in [3.8, 4) is 0 Å². The van der Waals surface area contributed by atoms with Gasteiger partial charge in [-0.3, -0.25) is 14.9 Å².